The van der Waals surface area contributed by atoms with Crippen molar-refractivity contribution in [2.24, 2.45) is 23.2 Å². The lowest BCUT2D eigenvalue weighted by Crippen LogP contribution is -2.61. The van der Waals surface area contributed by atoms with Crippen molar-refractivity contribution in [2.45, 2.75) is 64.8 Å². The molecule has 0 aromatic rings. The van der Waals surface area contributed by atoms with Crippen LogP contribution in [0.25, 0.3) is 0 Å². The van der Waals surface area contributed by atoms with Crippen LogP contribution in [0.2, 0.25) is 0 Å². The maximum Gasteiger partial charge on any atom is 0.0811 e. The second kappa shape index (κ2) is 3.69. The van der Waals surface area contributed by atoms with E-state index < -0.39 is 0 Å². The maximum atomic E-state index is 5.62. The topological polar surface area (TPSA) is 12.0 Å². The molecule has 4 saturated carbocycles. The normalized spacial score (nSPS) is 43.8. The van der Waals surface area contributed by atoms with E-state index in [1.807, 2.05) is 0 Å². The van der Waals surface area contributed by atoms with Crippen molar-refractivity contribution in [3.05, 3.63) is 0 Å². The van der Waals surface area contributed by atoms with Gasteiger partial charge in [-0.15, -0.1) is 0 Å². The van der Waals surface area contributed by atoms with Crippen molar-refractivity contribution >= 4 is 17.2 Å². The molecule has 17 heavy (non-hydrogen) atoms. The highest BCUT2D eigenvalue weighted by Crippen LogP contribution is 2.55. The van der Waals surface area contributed by atoms with Crippen LogP contribution in [-0.4, -0.2) is 10.5 Å². The molecule has 0 aliphatic heterocycles. The molecule has 0 radical (unpaired) electrons. The van der Waals surface area contributed by atoms with Crippen LogP contribution in [-0.2, 0) is 0 Å². The van der Waals surface area contributed by atoms with Crippen LogP contribution in [0.15, 0.2) is 0 Å². The Hall–Kier alpha value is -0.110. The standard InChI is InChI=1S/C15H25NS/c1-14(2,3)13(17)16-15-7-10-4-11(8-15)6-12(5-10)9-15/h10-12H,4-9H2,1-3H3,(H,16,17). The minimum atomic E-state index is 0.124. The van der Waals surface area contributed by atoms with E-state index in [4.69, 9.17) is 12.2 Å². The zero-order valence-electron chi connectivity index (χ0n) is 11.4. The lowest BCUT2D eigenvalue weighted by molar-refractivity contribution is -0.0106. The van der Waals surface area contributed by atoms with Gasteiger partial charge < -0.3 is 5.32 Å². The average Bonchev–Trinajstić information content (AvgIpc) is 2.12. The zero-order valence-corrected chi connectivity index (χ0v) is 12.2. The van der Waals surface area contributed by atoms with Gasteiger partial charge in [0.25, 0.3) is 0 Å². The van der Waals surface area contributed by atoms with E-state index in [1.165, 1.54) is 38.5 Å². The smallest absolute Gasteiger partial charge is 0.0811 e. The van der Waals surface area contributed by atoms with Crippen molar-refractivity contribution in [3.8, 4) is 0 Å². The highest BCUT2D eigenvalue weighted by Gasteiger charge is 2.51. The third-order valence-electron chi connectivity index (χ3n) is 5.10. The van der Waals surface area contributed by atoms with Gasteiger partial charge in [0.05, 0.1) is 4.99 Å². The van der Waals surface area contributed by atoms with E-state index in [2.05, 4.69) is 26.1 Å². The van der Waals surface area contributed by atoms with Gasteiger partial charge in [-0.25, -0.2) is 0 Å². The van der Waals surface area contributed by atoms with Crippen molar-refractivity contribution in [1.82, 2.24) is 5.32 Å². The molecule has 1 nitrogen and oxygen atoms in total. The first-order chi connectivity index (χ1) is 7.86. The molecule has 4 bridgehead atoms. The summed E-state index contributed by atoms with van der Waals surface area (Å²) in [6.07, 6.45) is 8.66. The van der Waals surface area contributed by atoms with Crippen molar-refractivity contribution in [3.63, 3.8) is 0 Å². The van der Waals surface area contributed by atoms with Gasteiger partial charge in [-0.1, -0.05) is 33.0 Å². The van der Waals surface area contributed by atoms with E-state index in [9.17, 15) is 0 Å². The molecule has 1 N–H and O–H groups in total. The molecular formula is C15H25NS. The summed E-state index contributed by atoms with van der Waals surface area (Å²) in [5, 5.41) is 3.80. The SMILES string of the molecule is CC(C)(C)C(=S)NC12CC3CC(CC(C3)C1)C2. The van der Waals surface area contributed by atoms with Crippen molar-refractivity contribution in [1.29, 1.82) is 0 Å². The lowest BCUT2D eigenvalue weighted by atomic mass is 9.53. The first-order valence-corrected chi connectivity index (χ1v) is 7.60. The monoisotopic (exact) mass is 251 g/mol. The lowest BCUT2D eigenvalue weighted by Gasteiger charge is -2.57. The fourth-order valence-corrected chi connectivity index (χ4v) is 4.91. The number of hydrogen-bond donors (Lipinski definition) is 1. The van der Waals surface area contributed by atoms with E-state index in [-0.39, 0.29) is 5.41 Å². The Labute approximate surface area is 111 Å². The van der Waals surface area contributed by atoms with Gasteiger partial charge >= 0.3 is 0 Å². The number of hydrogen-bond acceptors (Lipinski definition) is 1. The van der Waals surface area contributed by atoms with Gasteiger partial charge in [-0.05, 0) is 56.3 Å². The van der Waals surface area contributed by atoms with Crippen LogP contribution in [0.1, 0.15) is 59.3 Å². The predicted molar refractivity (Wildman–Crippen MR) is 76.1 cm³/mol. The fourth-order valence-electron chi connectivity index (χ4n) is 4.69. The number of thiocarbonyl (C=S) groups is 1. The van der Waals surface area contributed by atoms with E-state index >= 15 is 0 Å². The summed E-state index contributed by atoms with van der Waals surface area (Å²) in [5.41, 5.74) is 0.512. The Morgan fingerprint density at radius 2 is 1.41 bits per heavy atom. The summed E-state index contributed by atoms with van der Waals surface area (Å²) in [6.45, 7) is 6.68. The van der Waals surface area contributed by atoms with E-state index in [0.29, 0.717) is 5.54 Å². The first kappa shape index (κ1) is 12.0. The Balaban J connectivity index is 1.76. The molecule has 0 aromatic heterocycles. The average molecular weight is 251 g/mol. The molecule has 0 amide bonds. The van der Waals surface area contributed by atoms with Gasteiger partial charge in [0.2, 0.25) is 0 Å². The molecule has 4 aliphatic rings. The molecule has 2 heteroatoms. The molecule has 4 fully saturated rings. The third kappa shape index (κ3) is 2.14. The minimum Gasteiger partial charge on any atom is -0.374 e. The summed E-state index contributed by atoms with van der Waals surface area (Å²) < 4.78 is 0. The molecule has 0 atom stereocenters. The minimum absolute atomic E-state index is 0.124. The third-order valence-corrected chi connectivity index (χ3v) is 5.81. The van der Waals surface area contributed by atoms with Crippen LogP contribution in [0.5, 0.6) is 0 Å². The highest BCUT2D eigenvalue weighted by atomic mass is 32.1. The molecule has 4 aliphatic carbocycles. The zero-order chi connectivity index (χ0) is 12.3. The summed E-state index contributed by atoms with van der Waals surface area (Å²) in [4.78, 5) is 1.08. The fraction of sp³-hybridized carbons (Fsp3) is 0.933. The van der Waals surface area contributed by atoms with Crippen molar-refractivity contribution < 1.29 is 0 Å². The van der Waals surface area contributed by atoms with Gasteiger partial charge in [-0.3, -0.25) is 0 Å². The molecule has 0 spiro atoms. The van der Waals surface area contributed by atoms with Crippen LogP contribution in [0.3, 0.4) is 0 Å². The maximum absolute atomic E-state index is 5.62. The van der Waals surface area contributed by atoms with Gasteiger partial charge in [-0.2, -0.15) is 0 Å². The van der Waals surface area contributed by atoms with Crippen LogP contribution in [0, 0.1) is 23.2 Å². The summed E-state index contributed by atoms with van der Waals surface area (Å²) >= 11 is 5.62. The van der Waals surface area contributed by atoms with Crippen LogP contribution < -0.4 is 5.32 Å². The Bertz CT molecular complexity index is 304. The molecule has 4 rings (SSSR count). The number of nitrogens with one attached hydrogen (secondary N) is 1. The quantitative estimate of drug-likeness (QED) is 0.709. The summed E-state index contributed by atoms with van der Waals surface area (Å²) in [5.74, 6) is 2.99. The molecule has 0 heterocycles. The molecule has 0 aromatic carbocycles. The second-order valence-electron chi connectivity index (χ2n) is 7.90. The van der Waals surface area contributed by atoms with E-state index in [0.717, 1.165) is 22.7 Å². The molecular weight excluding hydrogens is 226 g/mol. The number of rotatable bonds is 1. The second-order valence-corrected chi connectivity index (χ2v) is 8.31. The predicted octanol–water partition coefficient (Wildman–Crippen LogP) is 3.92. The Kier molecular flexibility index (Phi) is 2.60. The van der Waals surface area contributed by atoms with Crippen LogP contribution >= 0.6 is 12.2 Å². The first-order valence-electron chi connectivity index (χ1n) is 7.19. The van der Waals surface area contributed by atoms with Gasteiger partial charge in [0, 0.05) is 11.0 Å². The Morgan fingerprint density at radius 1 is 1.00 bits per heavy atom. The van der Waals surface area contributed by atoms with Crippen LogP contribution in [0.4, 0.5) is 0 Å². The van der Waals surface area contributed by atoms with Crippen molar-refractivity contribution in [2.75, 3.05) is 0 Å². The summed E-state index contributed by atoms with van der Waals surface area (Å²) in [6, 6.07) is 0. The molecule has 96 valence electrons. The van der Waals surface area contributed by atoms with Gasteiger partial charge in [0.1, 0.15) is 0 Å². The Morgan fingerprint density at radius 3 is 1.76 bits per heavy atom. The molecule has 0 unspecified atom stereocenters. The molecule has 0 saturated heterocycles. The van der Waals surface area contributed by atoms with E-state index in [1.54, 1.807) is 0 Å². The highest BCUT2D eigenvalue weighted by molar-refractivity contribution is 7.80. The largest absolute Gasteiger partial charge is 0.374 e. The van der Waals surface area contributed by atoms with Gasteiger partial charge in [0.15, 0.2) is 0 Å². The summed E-state index contributed by atoms with van der Waals surface area (Å²) in [7, 11) is 0.